The highest BCUT2D eigenvalue weighted by Crippen LogP contribution is 2.22. The maximum absolute atomic E-state index is 9.64. The summed E-state index contributed by atoms with van der Waals surface area (Å²) >= 11 is 0. The van der Waals surface area contributed by atoms with E-state index in [-0.39, 0.29) is 13.0 Å². The third-order valence-electron chi connectivity index (χ3n) is 3.10. The van der Waals surface area contributed by atoms with E-state index in [1.807, 2.05) is 0 Å². The first-order valence-corrected chi connectivity index (χ1v) is 6.16. The molecule has 7 atom stereocenters. The minimum atomic E-state index is -1.49. The maximum atomic E-state index is 9.64. The van der Waals surface area contributed by atoms with Crippen LogP contribution in [0.3, 0.4) is 0 Å². The van der Waals surface area contributed by atoms with Crippen LogP contribution in [0.25, 0.3) is 0 Å². The van der Waals surface area contributed by atoms with Gasteiger partial charge >= 0.3 is 0 Å². The number of rotatable bonds is 6. The Bertz CT molecular complexity index is 259. The lowest BCUT2D eigenvalue weighted by molar-refractivity contribution is -0.302. The predicted octanol–water partition coefficient (Wildman–Crippen LogP) is -3.07. The molecule has 1 saturated heterocycles. The number of ether oxygens (including phenoxy) is 2. The number of aliphatic hydroxyl groups excluding tert-OH is 6. The lowest BCUT2D eigenvalue weighted by Crippen LogP contribution is -2.59. The lowest BCUT2D eigenvalue weighted by atomic mass is 9.99. The van der Waals surface area contributed by atoms with Crippen LogP contribution in [0.4, 0.5) is 0 Å². The van der Waals surface area contributed by atoms with E-state index >= 15 is 0 Å². The van der Waals surface area contributed by atoms with Crippen molar-refractivity contribution in [3.63, 3.8) is 0 Å². The Kier molecular flexibility index (Phi) is 6.57. The Morgan fingerprint density at radius 2 is 1.74 bits per heavy atom. The first-order chi connectivity index (χ1) is 8.88. The summed E-state index contributed by atoms with van der Waals surface area (Å²) in [5.74, 6) is 0. The van der Waals surface area contributed by atoms with E-state index in [4.69, 9.17) is 19.7 Å². The number of aliphatic hydroxyl groups is 6. The van der Waals surface area contributed by atoms with E-state index in [1.165, 1.54) is 6.92 Å². The topological polar surface area (TPSA) is 140 Å². The molecule has 0 aromatic rings. The largest absolute Gasteiger partial charge is 0.394 e. The highest BCUT2D eigenvalue weighted by atomic mass is 16.7. The summed E-state index contributed by atoms with van der Waals surface area (Å²) in [6.45, 7) is 0.883. The molecule has 8 nitrogen and oxygen atoms in total. The Balaban J connectivity index is 2.44. The molecule has 3 unspecified atom stereocenters. The Labute approximate surface area is 110 Å². The summed E-state index contributed by atoms with van der Waals surface area (Å²) < 4.78 is 10.2. The molecular weight excluding hydrogens is 260 g/mol. The van der Waals surface area contributed by atoms with E-state index in [9.17, 15) is 20.4 Å². The molecule has 0 aromatic carbocycles. The Morgan fingerprint density at radius 1 is 1.11 bits per heavy atom. The number of hydrogen-bond acceptors (Lipinski definition) is 8. The van der Waals surface area contributed by atoms with Crippen LogP contribution in [-0.4, -0.2) is 86.8 Å². The van der Waals surface area contributed by atoms with Gasteiger partial charge in [0.2, 0.25) is 0 Å². The predicted molar refractivity (Wildman–Crippen MR) is 62.0 cm³/mol. The fourth-order valence-electron chi connectivity index (χ4n) is 1.75. The third-order valence-corrected chi connectivity index (χ3v) is 3.10. The molecule has 6 N–H and O–H groups in total. The molecule has 0 amide bonds. The first kappa shape index (κ1) is 16.7. The first-order valence-electron chi connectivity index (χ1n) is 6.16. The van der Waals surface area contributed by atoms with Crippen molar-refractivity contribution in [2.24, 2.45) is 0 Å². The van der Waals surface area contributed by atoms with Crippen molar-refractivity contribution in [2.75, 3.05) is 13.2 Å². The molecule has 1 rings (SSSR count). The van der Waals surface area contributed by atoms with E-state index in [0.717, 1.165) is 0 Å². The standard InChI is InChI=1S/C11H22O8/c1-5(13)6(14)2-3-18-11-10(17)9(16)8(15)7(4-12)19-11/h5-17H,2-4H2,1H3/t5-,6+,7?,8+,9?,10?,11+/m1/s1. The van der Waals surface area contributed by atoms with Crippen molar-refractivity contribution in [1.82, 2.24) is 0 Å². The van der Waals surface area contributed by atoms with E-state index in [1.54, 1.807) is 0 Å². The van der Waals surface area contributed by atoms with Crippen LogP contribution < -0.4 is 0 Å². The van der Waals surface area contributed by atoms with Gasteiger partial charge in [-0.15, -0.1) is 0 Å². The normalized spacial score (nSPS) is 39.0. The van der Waals surface area contributed by atoms with Crippen molar-refractivity contribution in [1.29, 1.82) is 0 Å². The van der Waals surface area contributed by atoms with Crippen LogP contribution in [-0.2, 0) is 9.47 Å². The summed E-state index contributed by atoms with van der Waals surface area (Å²) in [7, 11) is 0. The van der Waals surface area contributed by atoms with Gasteiger partial charge in [-0.1, -0.05) is 0 Å². The summed E-state index contributed by atoms with van der Waals surface area (Å²) in [4.78, 5) is 0. The third kappa shape index (κ3) is 4.33. The van der Waals surface area contributed by atoms with Gasteiger partial charge in [0.25, 0.3) is 0 Å². The smallest absolute Gasteiger partial charge is 0.186 e. The van der Waals surface area contributed by atoms with E-state index < -0.39 is 49.5 Å². The minimum Gasteiger partial charge on any atom is -0.394 e. The highest BCUT2D eigenvalue weighted by molar-refractivity contribution is 4.88. The average molecular weight is 282 g/mol. The monoisotopic (exact) mass is 282 g/mol. The van der Waals surface area contributed by atoms with Gasteiger partial charge in [0, 0.05) is 0 Å². The van der Waals surface area contributed by atoms with Crippen LogP contribution in [0, 0.1) is 0 Å². The van der Waals surface area contributed by atoms with Gasteiger partial charge in [0.15, 0.2) is 6.29 Å². The van der Waals surface area contributed by atoms with Gasteiger partial charge in [-0.3, -0.25) is 0 Å². The van der Waals surface area contributed by atoms with Crippen LogP contribution in [0.5, 0.6) is 0 Å². The zero-order valence-electron chi connectivity index (χ0n) is 10.7. The SMILES string of the molecule is C[C@@H](O)[C@@H](O)CCO[C@H]1OC(CO)[C@H](O)C(O)C1O. The Morgan fingerprint density at radius 3 is 2.26 bits per heavy atom. The summed E-state index contributed by atoms with van der Waals surface area (Å²) in [5.41, 5.74) is 0. The fourth-order valence-corrected chi connectivity index (χ4v) is 1.75. The molecule has 0 bridgehead atoms. The van der Waals surface area contributed by atoms with Crippen molar-refractivity contribution >= 4 is 0 Å². The fraction of sp³-hybridized carbons (Fsp3) is 1.00. The van der Waals surface area contributed by atoms with Gasteiger partial charge < -0.3 is 40.1 Å². The second kappa shape index (κ2) is 7.46. The van der Waals surface area contributed by atoms with Crippen molar-refractivity contribution < 1.29 is 40.1 Å². The van der Waals surface area contributed by atoms with E-state index in [2.05, 4.69) is 0 Å². The summed E-state index contributed by atoms with van der Waals surface area (Å²) in [6.07, 6.45) is -8.36. The molecule has 1 aliphatic rings. The molecule has 1 heterocycles. The number of hydrogen-bond donors (Lipinski definition) is 6. The molecule has 1 fully saturated rings. The molecule has 0 spiro atoms. The van der Waals surface area contributed by atoms with Gasteiger partial charge in [0.1, 0.15) is 24.4 Å². The molecule has 114 valence electrons. The van der Waals surface area contributed by atoms with Gasteiger partial charge in [-0.25, -0.2) is 0 Å². The maximum Gasteiger partial charge on any atom is 0.186 e. The Hall–Kier alpha value is -0.320. The minimum absolute atomic E-state index is 0.0191. The van der Waals surface area contributed by atoms with Gasteiger partial charge in [-0.05, 0) is 13.3 Å². The molecule has 0 saturated carbocycles. The molecule has 19 heavy (non-hydrogen) atoms. The summed E-state index contributed by atoms with van der Waals surface area (Å²) in [5, 5.41) is 56.1. The zero-order chi connectivity index (χ0) is 14.6. The van der Waals surface area contributed by atoms with Crippen molar-refractivity contribution in [3.05, 3.63) is 0 Å². The van der Waals surface area contributed by atoms with Crippen LogP contribution in [0.1, 0.15) is 13.3 Å². The second-order valence-electron chi connectivity index (χ2n) is 4.66. The van der Waals surface area contributed by atoms with Crippen molar-refractivity contribution in [3.8, 4) is 0 Å². The van der Waals surface area contributed by atoms with Crippen LogP contribution >= 0.6 is 0 Å². The molecule has 0 radical (unpaired) electrons. The summed E-state index contributed by atoms with van der Waals surface area (Å²) in [6, 6.07) is 0. The quantitative estimate of drug-likeness (QED) is 0.302. The molecule has 8 heteroatoms. The van der Waals surface area contributed by atoms with Crippen LogP contribution in [0.15, 0.2) is 0 Å². The average Bonchev–Trinajstić information content (AvgIpc) is 2.38. The van der Waals surface area contributed by atoms with E-state index in [0.29, 0.717) is 0 Å². The molecule has 0 aliphatic carbocycles. The molecular formula is C11H22O8. The highest BCUT2D eigenvalue weighted by Gasteiger charge is 2.43. The molecule has 0 aromatic heterocycles. The zero-order valence-corrected chi connectivity index (χ0v) is 10.7. The molecule has 1 aliphatic heterocycles. The lowest BCUT2D eigenvalue weighted by Gasteiger charge is -2.39. The van der Waals surface area contributed by atoms with Gasteiger partial charge in [-0.2, -0.15) is 0 Å². The van der Waals surface area contributed by atoms with Crippen LogP contribution in [0.2, 0.25) is 0 Å². The van der Waals surface area contributed by atoms with Gasteiger partial charge in [0.05, 0.1) is 25.4 Å². The second-order valence-corrected chi connectivity index (χ2v) is 4.66. The van der Waals surface area contributed by atoms with Crippen molar-refractivity contribution in [2.45, 2.75) is 56.3 Å².